The normalized spacial score (nSPS) is 9.33. The second-order valence-electron chi connectivity index (χ2n) is 3.60. The molecule has 0 aliphatic carbocycles. The lowest BCUT2D eigenvalue weighted by Crippen LogP contribution is -2.31. The molecule has 4 nitrogen and oxygen atoms in total. The number of hydrogen-bond donors (Lipinski definition) is 2. The lowest BCUT2D eigenvalue weighted by atomic mass is 10.2. The van der Waals surface area contributed by atoms with Crippen molar-refractivity contribution in [3.05, 3.63) is 28.8 Å². The molecule has 5 heteroatoms. The molecule has 96 valence electrons. The highest BCUT2D eigenvalue weighted by Crippen LogP contribution is 2.23. The van der Waals surface area contributed by atoms with Gasteiger partial charge in [-0.3, -0.25) is 0 Å². The summed E-state index contributed by atoms with van der Waals surface area (Å²) in [5.74, 6) is 5.29. The van der Waals surface area contributed by atoms with Crippen LogP contribution in [0.1, 0.15) is 12.5 Å². The molecule has 0 bridgehead atoms. The van der Waals surface area contributed by atoms with E-state index in [9.17, 15) is 4.79 Å². The Balaban J connectivity index is 2.91. The van der Waals surface area contributed by atoms with Crippen LogP contribution in [-0.2, 0) is 0 Å². The van der Waals surface area contributed by atoms with E-state index in [0.29, 0.717) is 22.8 Å². The number of amides is 2. The fraction of sp³-hybridized carbons (Fsp3) is 0.308. The summed E-state index contributed by atoms with van der Waals surface area (Å²) in [6.45, 7) is 2.28. The number of benzene rings is 1. The molecule has 0 aliphatic rings. The molecule has 2 amide bonds. The van der Waals surface area contributed by atoms with Crippen molar-refractivity contribution in [2.24, 2.45) is 0 Å². The molecular formula is C13H15ClN2O2. The largest absolute Gasteiger partial charge is 0.384 e. The van der Waals surface area contributed by atoms with Crippen LogP contribution in [-0.4, -0.2) is 36.2 Å². The van der Waals surface area contributed by atoms with Gasteiger partial charge < -0.3 is 15.3 Å². The summed E-state index contributed by atoms with van der Waals surface area (Å²) >= 11 is 5.99. The van der Waals surface area contributed by atoms with Crippen molar-refractivity contribution in [1.82, 2.24) is 4.90 Å². The fourth-order valence-corrected chi connectivity index (χ4v) is 1.36. The Hall–Kier alpha value is -1.70. The Labute approximate surface area is 112 Å². The zero-order valence-corrected chi connectivity index (χ0v) is 11.1. The van der Waals surface area contributed by atoms with Gasteiger partial charge in [-0.2, -0.15) is 0 Å². The van der Waals surface area contributed by atoms with Gasteiger partial charge in [0.05, 0.1) is 10.7 Å². The highest BCUT2D eigenvalue weighted by Gasteiger charge is 2.09. The van der Waals surface area contributed by atoms with E-state index in [-0.39, 0.29) is 12.6 Å². The Morgan fingerprint density at radius 2 is 2.28 bits per heavy atom. The van der Waals surface area contributed by atoms with Gasteiger partial charge in [-0.25, -0.2) is 4.79 Å². The first-order valence-electron chi connectivity index (χ1n) is 5.50. The SMILES string of the molecule is CCN(C)C(=O)Nc1cc(C#CCO)ccc1Cl. The van der Waals surface area contributed by atoms with Gasteiger partial charge in [0.2, 0.25) is 0 Å². The van der Waals surface area contributed by atoms with Crippen molar-refractivity contribution >= 4 is 23.3 Å². The Bertz CT molecular complexity index is 491. The number of aliphatic hydroxyl groups excluding tert-OH is 1. The molecule has 0 spiro atoms. The van der Waals surface area contributed by atoms with Gasteiger partial charge in [-0.05, 0) is 25.1 Å². The minimum absolute atomic E-state index is 0.205. The molecule has 0 aliphatic heterocycles. The van der Waals surface area contributed by atoms with E-state index in [1.165, 1.54) is 4.90 Å². The van der Waals surface area contributed by atoms with Gasteiger partial charge in [0, 0.05) is 19.2 Å². The predicted molar refractivity (Wildman–Crippen MR) is 72.7 cm³/mol. The molecule has 18 heavy (non-hydrogen) atoms. The summed E-state index contributed by atoms with van der Waals surface area (Å²) < 4.78 is 0. The minimum atomic E-state index is -0.230. The highest BCUT2D eigenvalue weighted by molar-refractivity contribution is 6.33. The third-order valence-electron chi connectivity index (χ3n) is 2.34. The summed E-state index contributed by atoms with van der Waals surface area (Å²) in [4.78, 5) is 13.2. The van der Waals surface area contributed by atoms with Gasteiger partial charge in [-0.1, -0.05) is 23.4 Å². The van der Waals surface area contributed by atoms with Crippen molar-refractivity contribution in [3.63, 3.8) is 0 Å². The van der Waals surface area contributed by atoms with Gasteiger partial charge in [0.1, 0.15) is 6.61 Å². The molecule has 0 unspecified atom stereocenters. The van der Waals surface area contributed by atoms with Crippen molar-refractivity contribution in [2.75, 3.05) is 25.5 Å². The summed E-state index contributed by atoms with van der Waals surface area (Å²) in [7, 11) is 1.69. The second-order valence-corrected chi connectivity index (χ2v) is 4.01. The van der Waals surface area contributed by atoms with Crippen LogP contribution in [0.5, 0.6) is 0 Å². The third kappa shape index (κ3) is 3.95. The van der Waals surface area contributed by atoms with Crippen molar-refractivity contribution in [3.8, 4) is 11.8 Å². The second kappa shape index (κ2) is 6.90. The van der Waals surface area contributed by atoms with Crippen LogP contribution in [0.15, 0.2) is 18.2 Å². The maximum Gasteiger partial charge on any atom is 0.321 e. The molecule has 0 saturated heterocycles. The number of urea groups is 1. The Kier molecular flexibility index (Phi) is 5.50. The summed E-state index contributed by atoms with van der Waals surface area (Å²) in [6.07, 6.45) is 0. The number of rotatable bonds is 2. The molecule has 1 aromatic rings. The first kappa shape index (κ1) is 14.4. The standard InChI is InChI=1S/C13H15ClN2O2/c1-3-16(2)13(18)15-12-9-10(5-4-8-17)6-7-11(12)14/h6-7,9,17H,3,8H2,1-2H3,(H,15,18). The van der Waals surface area contributed by atoms with Crippen LogP contribution in [0, 0.1) is 11.8 Å². The van der Waals surface area contributed by atoms with Crippen LogP contribution in [0.4, 0.5) is 10.5 Å². The summed E-state index contributed by atoms with van der Waals surface area (Å²) in [5.41, 5.74) is 1.19. The van der Waals surface area contributed by atoms with Crippen LogP contribution in [0.3, 0.4) is 0 Å². The van der Waals surface area contributed by atoms with Gasteiger partial charge in [0.25, 0.3) is 0 Å². The van der Waals surface area contributed by atoms with Gasteiger partial charge in [-0.15, -0.1) is 0 Å². The molecule has 0 radical (unpaired) electrons. The van der Waals surface area contributed by atoms with Gasteiger partial charge in [0.15, 0.2) is 0 Å². The maximum absolute atomic E-state index is 11.7. The van der Waals surface area contributed by atoms with E-state index in [1.54, 1.807) is 25.2 Å². The molecule has 1 rings (SSSR count). The lowest BCUT2D eigenvalue weighted by Gasteiger charge is -2.16. The average molecular weight is 267 g/mol. The Morgan fingerprint density at radius 1 is 1.56 bits per heavy atom. The molecule has 2 N–H and O–H groups in total. The molecule has 1 aromatic carbocycles. The topological polar surface area (TPSA) is 52.6 Å². The van der Waals surface area contributed by atoms with E-state index in [4.69, 9.17) is 16.7 Å². The van der Waals surface area contributed by atoms with Gasteiger partial charge >= 0.3 is 6.03 Å². The smallest absolute Gasteiger partial charge is 0.321 e. The molecule has 0 aromatic heterocycles. The van der Waals surface area contributed by atoms with E-state index in [0.717, 1.165) is 0 Å². The number of hydrogen-bond acceptors (Lipinski definition) is 2. The molecule has 0 heterocycles. The monoisotopic (exact) mass is 266 g/mol. The zero-order valence-electron chi connectivity index (χ0n) is 10.3. The van der Waals surface area contributed by atoms with E-state index in [1.807, 2.05) is 6.92 Å². The van der Waals surface area contributed by atoms with Crippen molar-refractivity contribution < 1.29 is 9.90 Å². The number of halogens is 1. The van der Waals surface area contributed by atoms with Crippen molar-refractivity contribution in [1.29, 1.82) is 0 Å². The summed E-state index contributed by atoms with van der Waals surface area (Å²) in [6, 6.07) is 4.83. The maximum atomic E-state index is 11.7. The number of carbonyl (C=O) groups excluding carboxylic acids is 1. The lowest BCUT2D eigenvalue weighted by molar-refractivity contribution is 0.224. The number of anilines is 1. The van der Waals surface area contributed by atoms with E-state index < -0.39 is 0 Å². The predicted octanol–water partition coefficient (Wildman–Crippen LogP) is 2.17. The first-order valence-corrected chi connectivity index (χ1v) is 5.87. The average Bonchev–Trinajstić information content (AvgIpc) is 2.38. The molecule has 0 fully saturated rings. The van der Waals surface area contributed by atoms with Crippen LogP contribution in [0.2, 0.25) is 5.02 Å². The fourth-order valence-electron chi connectivity index (χ4n) is 1.19. The third-order valence-corrected chi connectivity index (χ3v) is 2.67. The van der Waals surface area contributed by atoms with Crippen molar-refractivity contribution in [2.45, 2.75) is 6.92 Å². The Morgan fingerprint density at radius 3 is 2.89 bits per heavy atom. The molecule has 0 saturated carbocycles. The van der Waals surface area contributed by atoms with Crippen LogP contribution >= 0.6 is 11.6 Å². The number of carbonyl (C=O) groups is 1. The quantitative estimate of drug-likeness (QED) is 0.806. The van der Waals surface area contributed by atoms with E-state index >= 15 is 0 Å². The molecule has 0 atom stereocenters. The number of nitrogens with one attached hydrogen (secondary N) is 1. The highest BCUT2D eigenvalue weighted by atomic mass is 35.5. The number of nitrogens with zero attached hydrogens (tertiary/aromatic N) is 1. The minimum Gasteiger partial charge on any atom is -0.384 e. The summed E-state index contributed by atoms with van der Waals surface area (Å²) in [5, 5.41) is 11.8. The van der Waals surface area contributed by atoms with Crippen LogP contribution in [0.25, 0.3) is 0 Å². The molecular weight excluding hydrogens is 252 g/mol. The first-order chi connectivity index (χ1) is 8.58. The number of aliphatic hydroxyl groups is 1. The van der Waals surface area contributed by atoms with Crippen LogP contribution < -0.4 is 5.32 Å². The zero-order chi connectivity index (χ0) is 13.5. The van der Waals surface area contributed by atoms with E-state index in [2.05, 4.69) is 17.2 Å².